The zero-order valence-electron chi connectivity index (χ0n) is 6.79. The molecule has 0 bridgehead atoms. The maximum Gasteiger partial charge on any atom is 0.00766 e. The molecule has 0 saturated carbocycles. The Balaban J connectivity index is 2.54. The summed E-state index contributed by atoms with van der Waals surface area (Å²) < 4.78 is 0. The number of nitrogens with two attached hydrogens (primary N) is 1. The van der Waals surface area contributed by atoms with Gasteiger partial charge in [-0.25, -0.2) is 0 Å². The summed E-state index contributed by atoms with van der Waals surface area (Å²) in [5.74, 6) is 0. The summed E-state index contributed by atoms with van der Waals surface area (Å²) in [6.07, 6.45) is 11.3. The van der Waals surface area contributed by atoms with Gasteiger partial charge in [0.05, 0.1) is 0 Å². The van der Waals surface area contributed by atoms with Gasteiger partial charge in [-0.2, -0.15) is 0 Å². The van der Waals surface area contributed by atoms with E-state index in [4.69, 9.17) is 5.73 Å². The summed E-state index contributed by atoms with van der Waals surface area (Å²) in [7, 11) is 0. The van der Waals surface area contributed by atoms with Crippen LogP contribution in [0.25, 0.3) is 0 Å². The second kappa shape index (κ2) is 4.14. The number of allylic oxidation sites excluding steroid dienone is 4. The smallest absolute Gasteiger partial charge is 0.00766 e. The Morgan fingerprint density at radius 1 is 1.45 bits per heavy atom. The molecule has 1 aliphatic carbocycles. The molecule has 0 saturated heterocycles. The van der Waals surface area contributed by atoms with E-state index in [-0.39, 0.29) is 0 Å². The average molecular weight is 149 g/mol. The largest absolute Gasteiger partial charge is 0.327 e. The van der Waals surface area contributed by atoms with Gasteiger partial charge in [0.15, 0.2) is 0 Å². The molecular weight excluding hydrogens is 134 g/mol. The van der Waals surface area contributed by atoms with E-state index in [1.54, 1.807) is 0 Å². The second-order valence-corrected chi connectivity index (χ2v) is 2.98. The van der Waals surface area contributed by atoms with E-state index in [9.17, 15) is 0 Å². The molecule has 0 spiro atoms. The fourth-order valence-electron chi connectivity index (χ4n) is 1.10. The molecule has 0 aromatic heterocycles. The highest BCUT2D eigenvalue weighted by Gasteiger charge is 2.00. The van der Waals surface area contributed by atoms with E-state index in [1.807, 2.05) is 12.2 Å². The molecule has 1 heteroatoms. The van der Waals surface area contributed by atoms with Gasteiger partial charge in [0.2, 0.25) is 0 Å². The fraction of sp³-hybridized carbons (Fsp3) is 0.400. The summed E-state index contributed by atoms with van der Waals surface area (Å²) in [6.45, 7) is 3.92. The molecule has 1 atom stereocenters. The SMILES string of the molecule is C=C1/C=C\C=C/CC(N)CC1. The molecule has 0 amide bonds. The predicted octanol–water partition coefficient (Wildman–Crippen LogP) is 2.17. The molecule has 60 valence electrons. The van der Waals surface area contributed by atoms with Crippen LogP contribution in [-0.2, 0) is 0 Å². The zero-order valence-corrected chi connectivity index (χ0v) is 6.79. The summed E-state index contributed by atoms with van der Waals surface area (Å²) >= 11 is 0. The molecule has 0 fully saturated rings. The van der Waals surface area contributed by atoms with Crippen molar-refractivity contribution in [3.05, 3.63) is 36.5 Å². The number of rotatable bonds is 0. The van der Waals surface area contributed by atoms with Crippen molar-refractivity contribution in [1.29, 1.82) is 0 Å². The van der Waals surface area contributed by atoms with Crippen LogP contribution >= 0.6 is 0 Å². The van der Waals surface area contributed by atoms with Crippen LogP contribution in [0, 0.1) is 0 Å². The molecule has 0 aromatic carbocycles. The lowest BCUT2D eigenvalue weighted by Crippen LogP contribution is -2.18. The first-order valence-electron chi connectivity index (χ1n) is 4.05. The van der Waals surface area contributed by atoms with E-state index in [2.05, 4.69) is 18.7 Å². The maximum absolute atomic E-state index is 5.82. The van der Waals surface area contributed by atoms with Crippen molar-refractivity contribution >= 4 is 0 Å². The predicted molar refractivity (Wildman–Crippen MR) is 49.2 cm³/mol. The number of hydrogen-bond donors (Lipinski definition) is 1. The van der Waals surface area contributed by atoms with Gasteiger partial charge in [-0.3, -0.25) is 0 Å². The van der Waals surface area contributed by atoms with Crippen LogP contribution in [0.3, 0.4) is 0 Å². The Morgan fingerprint density at radius 3 is 3.09 bits per heavy atom. The van der Waals surface area contributed by atoms with Gasteiger partial charge in [0, 0.05) is 6.04 Å². The normalized spacial score (nSPS) is 31.7. The van der Waals surface area contributed by atoms with Gasteiger partial charge in [-0.05, 0) is 19.3 Å². The third kappa shape index (κ3) is 3.19. The zero-order chi connectivity index (χ0) is 8.10. The Morgan fingerprint density at radius 2 is 2.27 bits per heavy atom. The molecule has 2 N–H and O–H groups in total. The topological polar surface area (TPSA) is 26.0 Å². The highest BCUT2D eigenvalue weighted by atomic mass is 14.6. The van der Waals surface area contributed by atoms with Crippen molar-refractivity contribution in [1.82, 2.24) is 0 Å². The Hall–Kier alpha value is -0.820. The molecule has 11 heavy (non-hydrogen) atoms. The lowest BCUT2D eigenvalue weighted by Gasteiger charge is -2.06. The van der Waals surface area contributed by atoms with Crippen LogP contribution in [0.15, 0.2) is 36.5 Å². The standard InChI is InChI=1S/C10H15N/c1-9-5-3-2-4-6-10(11)8-7-9/h2-5,10H,1,6-8,11H2/b4-2-,5-3-. The van der Waals surface area contributed by atoms with Crippen LogP contribution in [0.2, 0.25) is 0 Å². The first-order chi connectivity index (χ1) is 5.29. The second-order valence-electron chi connectivity index (χ2n) is 2.98. The van der Waals surface area contributed by atoms with Gasteiger partial charge in [-0.15, -0.1) is 0 Å². The minimum atomic E-state index is 0.308. The number of hydrogen-bond acceptors (Lipinski definition) is 1. The van der Waals surface area contributed by atoms with Crippen LogP contribution in [0.4, 0.5) is 0 Å². The molecule has 1 unspecified atom stereocenters. The Labute approximate surface area is 68.3 Å². The molecular formula is C10H15N. The molecule has 0 aliphatic heterocycles. The van der Waals surface area contributed by atoms with Crippen LogP contribution in [0.5, 0.6) is 0 Å². The van der Waals surface area contributed by atoms with Crippen molar-refractivity contribution in [2.75, 3.05) is 0 Å². The molecule has 1 rings (SSSR count). The van der Waals surface area contributed by atoms with Crippen molar-refractivity contribution < 1.29 is 0 Å². The van der Waals surface area contributed by atoms with Crippen molar-refractivity contribution in [2.45, 2.75) is 25.3 Å². The lowest BCUT2D eigenvalue weighted by atomic mass is 10.1. The van der Waals surface area contributed by atoms with Crippen molar-refractivity contribution in [3.63, 3.8) is 0 Å². The fourth-order valence-corrected chi connectivity index (χ4v) is 1.10. The highest BCUT2D eigenvalue weighted by Crippen LogP contribution is 2.10. The summed E-state index contributed by atoms with van der Waals surface area (Å²) in [6, 6.07) is 0.308. The minimum Gasteiger partial charge on any atom is -0.327 e. The van der Waals surface area contributed by atoms with Crippen molar-refractivity contribution in [2.24, 2.45) is 5.73 Å². The van der Waals surface area contributed by atoms with Crippen molar-refractivity contribution in [3.8, 4) is 0 Å². The quantitative estimate of drug-likeness (QED) is 0.561. The van der Waals surface area contributed by atoms with Crippen LogP contribution in [0.1, 0.15) is 19.3 Å². The highest BCUT2D eigenvalue weighted by molar-refractivity contribution is 5.20. The molecule has 0 heterocycles. The van der Waals surface area contributed by atoms with E-state index < -0.39 is 0 Å². The van der Waals surface area contributed by atoms with E-state index in [1.165, 1.54) is 5.57 Å². The van der Waals surface area contributed by atoms with E-state index >= 15 is 0 Å². The maximum atomic E-state index is 5.82. The van der Waals surface area contributed by atoms with Crippen LogP contribution < -0.4 is 5.73 Å². The molecule has 0 aromatic rings. The Bertz CT molecular complexity index is 189. The summed E-state index contributed by atoms with van der Waals surface area (Å²) in [5, 5.41) is 0. The summed E-state index contributed by atoms with van der Waals surface area (Å²) in [4.78, 5) is 0. The first-order valence-corrected chi connectivity index (χ1v) is 4.05. The van der Waals surface area contributed by atoms with Gasteiger partial charge >= 0.3 is 0 Å². The van der Waals surface area contributed by atoms with Gasteiger partial charge in [-0.1, -0.05) is 36.5 Å². The van der Waals surface area contributed by atoms with Gasteiger partial charge in [0.1, 0.15) is 0 Å². The first kappa shape index (κ1) is 8.28. The van der Waals surface area contributed by atoms with E-state index in [0.717, 1.165) is 19.3 Å². The third-order valence-corrected chi connectivity index (χ3v) is 1.85. The summed E-state index contributed by atoms with van der Waals surface area (Å²) in [5.41, 5.74) is 6.99. The lowest BCUT2D eigenvalue weighted by molar-refractivity contribution is 0.624. The molecule has 1 aliphatic rings. The van der Waals surface area contributed by atoms with Crippen LogP contribution in [-0.4, -0.2) is 6.04 Å². The Kier molecular flexibility index (Phi) is 3.12. The minimum absolute atomic E-state index is 0.308. The molecule has 1 nitrogen and oxygen atoms in total. The third-order valence-electron chi connectivity index (χ3n) is 1.85. The average Bonchev–Trinajstić information content (AvgIpc) is 2.06. The monoisotopic (exact) mass is 149 g/mol. The molecule has 0 radical (unpaired) electrons. The van der Waals surface area contributed by atoms with E-state index in [0.29, 0.717) is 6.04 Å². The van der Waals surface area contributed by atoms with Gasteiger partial charge in [0.25, 0.3) is 0 Å². The van der Waals surface area contributed by atoms with Gasteiger partial charge < -0.3 is 5.73 Å².